The van der Waals surface area contributed by atoms with Crippen LogP contribution in [0, 0.1) is 6.92 Å². The average Bonchev–Trinajstić information content (AvgIpc) is 3.02. The molecule has 0 aromatic heterocycles. The summed E-state index contributed by atoms with van der Waals surface area (Å²) in [4.78, 5) is 13.7. The molecule has 4 rings (SSSR count). The van der Waals surface area contributed by atoms with Crippen LogP contribution in [0.25, 0.3) is 16.7 Å². The van der Waals surface area contributed by atoms with Gasteiger partial charge in [0.2, 0.25) is 10.0 Å². The van der Waals surface area contributed by atoms with Crippen LogP contribution in [0.2, 0.25) is 0 Å². The normalized spacial score (nSPS) is 15.8. The van der Waals surface area contributed by atoms with E-state index in [4.69, 9.17) is 4.74 Å². The van der Waals surface area contributed by atoms with E-state index in [2.05, 4.69) is 10.0 Å². The lowest BCUT2D eigenvalue weighted by atomic mass is 9.88. The highest BCUT2D eigenvalue weighted by atomic mass is 32.2. The molecule has 0 radical (unpaired) electrons. The van der Waals surface area contributed by atoms with Gasteiger partial charge in [-0.25, -0.2) is 8.42 Å². The van der Waals surface area contributed by atoms with Gasteiger partial charge in [-0.2, -0.15) is 0 Å². The van der Waals surface area contributed by atoms with E-state index in [-0.39, 0.29) is 5.78 Å². The van der Waals surface area contributed by atoms with Crippen molar-refractivity contribution in [2.75, 3.05) is 35.7 Å². The molecule has 0 bridgehead atoms. The number of ether oxygens (including phenoxy) is 1. The second kappa shape index (κ2) is 6.86. The lowest BCUT2D eigenvalue weighted by Crippen LogP contribution is -2.15. The van der Waals surface area contributed by atoms with Gasteiger partial charge in [0.25, 0.3) is 0 Å². The predicted octanol–water partition coefficient (Wildman–Crippen LogP) is 3.49. The number of sulfonamides is 1. The van der Waals surface area contributed by atoms with Crippen LogP contribution in [-0.2, 0) is 14.8 Å². The van der Waals surface area contributed by atoms with Gasteiger partial charge in [0.1, 0.15) is 5.75 Å². The number of anilines is 2. The third-order valence-corrected chi connectivity index (χ3v) is 6.52. The zero-order valence-corrected chi connectivity index (χ0v) is 17.4. The first kappa shape index (κ1) is 18.9. The Kier molecular flexibility index (Phi) is 4.63. The van der Waals surface area contributed by atoms with Crippen molar-refractivity contribution in [2.45, 2.75) is 6.92 Å². The SMILES string of the molecule is COc1ccc2c(c1-c1ccc(NS(C)(=O)=O)c(C)c1)C1=C(CN2)SCC1=O. The summed E-state index contributed by atoms with van der Waals surface area (Å²) in [5.41, 5.74) is 5.55. The highest BCUT2D eigenvalue weighted by molar-refractivity contribution is 8.04. The zero-order valence-electron chi connectivity index (χ0n) is 15.8. The largest absolute Gasteiger partial charge is 0.496 e. The number of Topliss-reactive ketones (excluding diaryl/α,β-unsaturated/α-hetero) is 1. The number of carbonyl (C=O) groups excluding carboxylic acids is 1. The molecule has 0 spiro atoms. The highest BCUT2D eigenvalue weighted by Gasteiger charge is 2.33. The Hall–Kier alpha value is -2.45. The second-order valence-electron chi connectivity index (χ2n) is 6.83. The molecular weight excluding hydrogens is 396 g/mol. The summed E-state index contributed by atoms with van der Waals surface area (Å²) < 4.78 is 31.3. The van der Waals surface area contributed by atoms with Gasteiger partial charge in [-0.3, -0.25) is 9.52 Å². The average molecular weight is 417 g/mol. The Balaban J connectivity index is 1.92. The molecule has 0 saturated heterocycles. The van der Waals surface area contributed by atoms with Crippen molar-refractivity contribution in [3.63, 3.8) is 0 Å². The van der Waals surface area contributed by atoms with Crippen molar-refractivity contribution < 1.29 is 17.9 Å². The van der Waals surface area contributed by atoms with Crippen molar-refractivity contribution in [1.29, 1.82) is 0 Å². The standard InChI is InChI=1S/C20H20N2O4S2/c1-11-8-12(4-5-13(11)22-28(3,24)25)18-16(26-2)7-6-14-19(18)20-15(23)10-27-17(20)9-21-14/h4-8,21-22H,9-10H2,1-3H3. The number of fused-ring (bicyclic) bond motifs is 2. The second-order valence-corrected chi connectivity index (χ2v) is 9.65. The number of thioether (sulfide) groups is 1. The van der Waals surface area contributed by atoms with Gasteiger partial charge >= 0.3 is 0 Å². The van der Waals surface area contributed by atoms with E-state index in [0.717, 1.165) is 44.7 Å². The highest BCUT2D eigenvalue weighted by Crippen LogP contribution is 2.49. The molecular formula is C20H20N2O4S2. The Morgan fingerprint density at radius 2 is 1.96 bits per heavy atom. The van der Waals surface area contributed by atoms with Crippen molar-refractivity contribution in [3.05, 3.63) is 46.4 Å². The lowest BCUT2D eigenvalue weighted by molar-refractivity contribution is -0.111. The Morgan fingerprint density at radius 3 is 2.64 bits per heavy atom. The molecule has 8 heteroatoms. The summed E-state index contributed by atoms with van der Waals surface area (Å²) in [6, 6.07) is 9.32. The number of hydrogen-bond donors (Lipinski definition) is 2. The van der Waals surface area contributed by atoms with Crippen molar-refractivity contribution >= 4 is 44.5 Å². The van der Waals surface area contributed by atoms with Crippen LogP contribution in [-0.4, -0.2) is 39.9 Å². The molecule has 28 heavy (non-hydrogen) atoms. The summed E-state index contributed by atoms with van der Waals surface area (Å²) in [6.07, 6.45) is 1.12. The molecule has 146 valence electrons. The quantitative estimate of drug-likeness (QED) is 0.794. The van der Waals surface area contributed by atoms with Crippen LogP contribution in [0.3, 0.4) is 0 Å². The summed E-state index contributed by atoms with van der Waals surface area (Å²) >= 11 is 1.58. The third kappa shape index (κ3) is 3.27. The van der Waals surface area contributed by atoms with Gasteiger partial charge < -0.3 is 10.1 Å². The fourth-order valence-electron chi connectivity index (χ4n) is 3.63. The van der Waals surface area contributed by atoms with Crippen LogP contribution >= 0.6 is 11.8 Å². The molecule has 2 heterocycles. The smallest absolute Gasteiger partial charge is 0.229 e. The van der Waals surface area contributed by atoms with E-state index in [0.29, 0.717) is 23.7 Å². The molecule has 2 aliphatic heterocycles. The minimum atomic E-state index is -3.36. The number of allylic oxidation sites excluding steroid dienone is 1. The molecule has 2 aliphatic rings. The predicted molar refractivity (Wildman–Crippen MR) is 115 cm³/mol. The number of carbonyl (C=O) groups is 1. The minimum absolute atomic E-state index is 0.129. The number of hydrogen-bond acceptors (Lipinski definition) is 6. The molecule has 0 saturated carbocycles. The van der Waals surface area contributed by atoms with Gasteiger partial charge in [0.05, 0.1) is 24.8 Å². The Morgan fingerprint density at radius 1 is 1.18 bits per heavy atom. The van der Waals surface area contributed by atoms with Gasteiger partial charge in [-0.1, -0.05) is 6.07 Å². The topological polar surface area (TPSA) is 84.5 Å². The third-order valence-electron chi connectivity index (χ3n) is 4.82. The number of nitrogens with one attached hydrogen (secondary N) is 2. The molecule has 0 unspecified atom stereocenters. The molecule has 2 N–H and O–H groups in total. The van der Waals surface area contributed by atoms with Crippen LogP contribution in [0.1, 0.15) is 11.1 Å². The molecule has 0 fully saturated rings. The van der Waals surface area contributed by atoms with Crippen LogP contribution in [0.4, 0.5) is 11.4 Å². The molecule has 6 nitrogen and oxygen atoms in total. The van der Waals surface area contributed by atoms with Crippen molar-refractivity contribution in [1.82, 2.24) is 0 Å². The number of benzene rings is 2. The van der Waals surface area contributed by atoms with E-state index < -0.39 is 10.0 Å². The number of aryl methyl sites for hydroxylation is 1. The fraction of sp³-hybridized carbons (Fsp3) is 0.250. The van der Waals surface area contributed by atoms with E-state index in [1.54, 1.807) is 24.9 Å². The van der Waals surface area contributed by atoms with E-state index in [1.807, 2.05) is 31.2 Å². The number of methoxy groups -OCH3 is 1. The van der Waals surface area contributed by atoms with Gasteiger partial charge in [-0.05, 0) is 42.3 Å². The minimum Gasteiger partial charge on any atom is -0.496 e. The molecule has 0 atom stereocenters. The van der Waals surface area contributed by atoms with Crippen LogP contribution < -0.4 is 14.8 Å². The molecule has 2 aromatic rings. The first-order valence-electron chi connectivity index (χ1n) is 8.71. The van der Waals surface area contributed by atoms with Gasteiger partial charge in [0, 0.05) is 33.8 Å². The first-order chi connectivity index (χ1) is 13.3. The summed E-state index contributed by atoms with van der Waals surface area (Å²) in [6.45, 7) is 2.50. The summed E-state index contributed by atoms with van der Waals surface area (Å²) in [5.74, 6) is 1.25. The van der Waals surface area contributed by atoms with Crippen molar-refractivity contribution in [2.24, 2.45) is 0 Å². The monoisotopic (exact) mass is 416 g/mol. The maximum Gasteiger partial charge on any atom is 0.229 e. The molecule has 2 aromatic carbocycles. The Bertz CT molecular complexity index is 1140. The number of ketones is 1. The van der Waals surface area contributed by atoms with E-state index >= 15 is 0 Å². The summed E-state index contributed by atoms with van der Waals surface area (Å²) in [7, 11) is -1.76. The van der Waals surface area contributed by atoms with Crippen molar-refractivity contribution in [3.8, 4) is 16.9 Å². The fourth-order valence-corrected chi connectivity index (χ4v) is 5.24. The first-order valence-corrected chi connectivity index (χ1v) is 11.6. The lowest BCUT2D eigenvalue weighted by Gasteiger charge is -2.24. The summed E-state index contributed by atoms with van der Waals surface area (Å²) in [5, 5.41) is 3.39. The number of rotatable bonds is 4. The van der Waals surface area contributed by atoms with Gasteiger partial charge in [-0.15, -0.1) is 11.8 Å². The zero-order chi connectivity index (χ0) is 20.1. The maximum atomic E-state index is 12.6. The molecule has 0 aliphatic carbocycles. The van der Waals surface area contributed by atoms with E-state index in [9.17, 15) is 13.2 Å². The van der Waals surface area contributed by atoms with Gasteiger partial charge in [0.15, 0.2) is 5.78 Å². The van der Waals surface area contributed by atoms with Crippen LogP contribution in [0.15, 0.2) is 35.2 Å². The van der Waals surface area contributed by atoms with Crippen LogP contribution in [0.5, 0.6) is 5.75 Å². The Labute approximate surface area is 168 Å². The van der Waals surface area contributed by atoms with E-state index in [1.165, 1.54) is 0 Å². The maximum absolute atomic E-state index is 12.6. The molecule has 0 amide bonds.